The number of aliphatic hydroxyl groups is 1. The van der Waals surface area contributed by atoms with Crippen molar-refractivity contribution in [2.45, 2.75) is 13.0 Å². The molecule has 0 radical (unpaired) electrons. The van der Waals surface area contributed by atoms with E-state index in [-0.39, 0.29) is 12.6 Å². The van der Waals surface area contributed by atoms with Crippen molar-refractivity contribution in [3.05, 3.63) is 90.5 Å². The molecule has 0 fully saturated rings. The summed E-state index contributed by atoms with van der Waals surface area (Å²) in [5.74, 6) is 0. The highest BCUT2D eigenvalue weighted by atomic mass is 32.2. The number of nitrogens with zero attached hydrogens (tertiary/aromatic N) is 3. The van der Waals surface area contributed by atoms with Crippen LogP contribution in [0.25, 0.3) is 38.5 Å². The summed E-state index contributed by atoms with van der Waals surface area (Å²) in [6.07, 6.45) is 8.99. The van der Waals surface area contributed by atoms with Crippen LogP contribution in [-0.4, -0.2) is 57.7 Å². The lowest BCUT2D eigenvalue weighted by Gasteiger charge is -2.23. The number of aromatic amines is 1. The fourth-order valence-electron chi connectivity index (χ4n) is 5.14. The predicted octanol–water partition coefficient (Wildman–Crippen LogP) is 4.81. The van der Waals surface area contributed by atoms with E-state index in [1.165, 1.54) is 15.1 Å². The van der Waals surface area contributed by atoms with E-state index in [2.05, 4.69) is 15.3 Å². The first-order valence-electron chi connectivity index (χ1n) is 12.6. The molecule has 1 amide bonds. The normalized spacial score (nSPS) is 14.6. The Morgan fingerprint density at radius 3 is 2.51 bits per heavy atom. The van der Waals surface area contributed by atoms with Crippen molar-refractivity contribution in [3.63, 3.8) is 0 Å². The number of hydrogen-bond donors (Lipinski definition) is 3. The molecule has 0 bridgehead atoms. The van der Waals surface area contributed by atoms with Crippen molar-refractivity contribution in [1.29, 1.82) is 0 Å². The van der Waals surface area contributed by atoms with E-state index in [1.807, 2.05) is 54.6 Å². The maximum absolute atomic E-state index is 13.1. The molecule has 0 unspecified atom stereocenters. The van der Waals surface area contributed by atoms with Crippen molar-refractivity contribution in [1.82, 2.24) is 18.8 Å². The van der Waals surface area contributed by atoms with Crippen molar-refractivity contribution in [2.75, 3.05) is 24.7 Å². The van der Waals surface area contributed by atoms with Crippen LogP contribution in [0.4, 0.5) is 10.5 Å². The Labute approximate surface area is 225 Å². The topological polar surface area (TPSA) is 120 Å². The highest BCUT2D eigenvalue weighted by molar-refractivity contribution is 7.88. The largest absolute Gasteiger partial charge is 0.392 e. The van der Waals surface area contributed by atoms with Gasteiger partial charge in [-0.1, -0.05) is 42.5 Å². The number of fused-ring (bicyclic) bond motifs is 2. The number of amides is 1. The molecular weight excluding hydrogens is 514 g/mol. The van der Waals surface area contributed by atoms with E-state index in [0.29, 0.717) is 36.4 Å². The first kappa shape index (κ1) is 25.1. The summed E-state index contributed by atoms with van der Waals surface area (Å²) >= 11 is 0. The van der Waals surface area contributed by atoms with Crippen LogP contribution in [0.3, 0.4) is 0 Å². The number of carbonyl (C=O) groups is 1. The molecule has 9 nitrogen and oxygen atoms in total. The minimum absolute atomic E-state index is 0.271. The minimum Gasteiger partial charge on any atom is -0.392 e. The van der Waals surface area contributed by atoms with Gasteiger partial charge in [-0.05, 0) is 52.1 Å². The van der Waals surface area contributed by atoms with Gasteiger partial charge in [0.25, 0.3) is 0 Å². The number of hydrogen-bond acceptors (Lipinski definition) is 5. The molecule has 3 N–H and O–H groups in total. The number of rotatable bonds is 5. The van der Waals surface area contributed by atoms with Crippen LogP contribution in [0.1, 0.15) is 17.7 Å². The van der Waals surface area contributed by atoms with Gasteiger partial charge in [0.05, 0.1) is 12.9 Å². The van der Waals surface area contributed by atoms with Crippen LogP contribution < -0.4 is 5.32 Å². The molecule has 6 rings (SSSR count). The lowest BCUT2D eigenvalue weighted by molar-refractivity contribution is 0.253. The van der Waals surface area contributed by atoms with E-state index in [0.717, 1.165) is 38.6 Å². The first-order valence-corrected chi connectivity index (χ1v) is 14.4. The zero-order chi connectivity index (χ0) is 27.1. The minimum atomic E-state index is -3.23. The first-order chi connectivity index (χ1) is 18.8. The lowest BCUT2D eigenvalue weighted by atomic mass is 9.96. The number of carbonyl (C=O) groups excluding carboxylic acids is 1. The average molecular weight is 542 g/mol. The lowest BCUT2D eigenvalue weighted by Crippen LogP contribution is -2.33. The summed E-state index contributed by atoms with van der Waals surface area (Å²) in [6.45, 7) is 0.484. The molecule has 0 atom stereocenters. The Bertz CT molecular complexity index is 1840. The van der Waals surface area contributed by atoms with Crippen LogP contribution in [0.5, 0.6) is 0 Å². The maximum atomic E-state index is 13.1. The SMILES string of the molecule is CS(=O)(=O)N1CC=C(c2cc3c(-c4cccc(NC(=O)n5cc6ccccc6c5)c4CO)ccnc3[nH]2)CC1. The standard InChI is InChI=1S/C29H27N5O4S/c1-39(37,38)34-13-10-19(11-14-34)27-15-24-23(9-12-30-28(24)31-27)22-7-4-8-26(25(22)18-35)32-29(36)33-16-20-5-2-3-6-21(20)17-33/h2-10,12,15-17,35H,11,13-14,18H2,1H3,(H,30,31)(H,32,36). The quantitative estimate of drug-likeness (QED) is 0.295. The van der Waals surface area contributed by atoms with Gasteiger partial charge in [-0.15, -0.1) is 0 Å². The number of aromatic nitrogens is 3. The number of H-pyrrole nitrogens is 1. The van der Waals surface area contributed by atoms with Gasteiger partial charge < -0.3 is 15.4 Å². The second kappa shape index (κ2) is 9.81. The Morgan fingerprint density at radius 1 is 1.08 bits per heavy atom. The van der Waals surface area contributed by atoms with Crippen molar-refractivity contribution < 1.29 is 18.3 Å². The second-order valence-electron chi connectivity index (χ2n) is 9.62. The summed E-state index contributed by atoms with van der Waals surface area (Å²) < 4.78 is 26.7. The van der Waals surface area contributed by atoms with Gasteiger partial charge >= 0.3 is 6.03 Å². The molecule has 0 spiro atoms. The van der Waals surface area contributed by atoms with Crippen molar-refractivity contribution in [3.8, 4) is 11.1 Å². The number of pyridine rings is 1. The third-order valence-electron chi connectivity index (χ3n) is 7.17. The van der Waals surface area contributed by atoms with E-state index in [4.69, 9.17) is 0 Å². The zero-order valence-electron chi connectivity index (χ0n) is 21.3. The van der Waals surface area contributed by atoms with E-state index in [1.54, 1.807) is 24.7 Å². The Kier molecular flexibility index (Phi) is 6.30. The molecule has 1 aliphatic heterocycles. The van der Waals surface area contributed by atoms with Crippen LogP contribution in [0, 0.1) is 0 Å². The van der Waals surface area contributed by atoms with Crippen LogP contribution in [0.15, 0.2) is 79.3 Å². The average Bonchev–Trinajstić information content (AvgIpc) is 3.57. The molecule has 198 valence electrons. The van der Waals surface area contributed by atoms with Crippen molar-refractivity contribution >= 4 is 49.1 Å². The predicted molar refractivity (Wildman–Crippen MR) is 153 cm³/mol. The molecule has 0 saturated carbocycles. The maximum Gasteiger partial charge on any atom is 0.330 e. The molecule has 1 aliphatic rings. The molecule has 0 aliphatic carbocycles. The third-order valence-corrected chi connectivity index (χ3v) is 8.44. The smallest absolute Gasteiger partial charge is 0.330 e. The van der Waals surface area contributed by atoms with Crippen LogP contribution in [0.2, 0.25) is 0 Å². The van der Waals surface area contributed by atoms with Gasteiger partial charge in [0.2, 0.25) is 10.0 Å². The number of aliphatic hydroxyl groups excluding tert-OH is 1. The fourth-order valence-corrected chi connectivity index (χ4v) is 5.91. The van der Waals surface area contributed by atoms with E-state index in [9.17, 15) is 18.3 Å². The Morgan fingerprint density at radius 2 is 1.85 bits per heavy atom. The Balaban J connectivity index is 1.34. The highest BCUT2D eigenvalue weighted by Crippen LogP contribution is 2.36. The molecule has 5 aromatic rings. The molecule has 10 heteroatoms. The van der Waals surface area contributed by atoms with E-state index >= 15 is 0 Å². The van der Waals surface area contributed by atoms with Gasteiger partial charge in [0, 0.05) is 54.0 Å². The number of benzene rings is 2. The number of sulfonamides is 1. The summed E-state index contributed by atoms with van der Waals surface area (Å²) in [5, 5.41) is 16.1. The number of nitrogens with one attached hydrogen (secondary N) is 2. The van der Waals surface area contributed by atoms with E-state index < -0.39 is 10.0 Å². The molecule has 4 heterocycles. The van der Waals surface area contributed by atoms with Gasteiger partial charge in [0.1, 0.15) is 5.65 Å². The molecular formula is C29H27N5O4S. The molecule has 3 aromatic heterocycles. The van der Waals surface area contributed by atoms with Gasteiger partial charge in [0.15, 0.2) is 0 Å². The molecule has 2 aromatic carbocycles. The molecule has 0 saturated heterocycles. The summed E-state index contributed by atoms with van der Waals surface area (Å²) in [6, 6.07) is 16.9. The van der Waals surface area contributed by atoms with Gasteiger partial charge in [-0.2, -0.15) is 4.31 Å². The highest BCUT2D eigenvalue weighted by Gasteiger charge is 2.22. The summed E-state index contributed by atoms with van der Waals surface area (Å²) in [5.41, 5.74) is 5.36. The molecule has 39 heavy (non-hydrogen) atoms. The third kappa shape index (κ3) is 4.74. The van der Waals surface area contributed by atoms with Crippen molar-refractivity contribution in [2.24, 2.45) is 0 Å². The second-order valence-corrected chi connectivity index (χ2v) is 11.6. The summed E-state index contributed by atoms with van der Waals surface area (Å²) in [7, 11) is -3.23. The van der Waals surface area contributed by atoms with Gasteiger partial charge in [-0.25, -0.2) is 18.2 Å². The van der Waals surface area contributed by atoms with Crippen LogP contribution in [-0.2, 0) is 16.6 Å². The van der Waals surface area contributed by atoms with Gasteiger partial charge in [-0.3, -0.25) is 4.57 Å². The van der Waals surface area contributed by atoms with Crippen LogP contribution >= 0.6 is 0 Å². The monoisotopic (exact) mass is 541 g/mol. The fraction of sp³-hybridized carbons (Fsp3) is 0.172. The number of anilines is 1. The zero-order valence-corrected chi connectivity index (χ0v) is 22.1. The summed E-state index contributed by atoms with van der Waals surface area (Å²) in [4.78, 5) is 20.9. The Hall–Kier alpha value is -4.25.